The van der Waals surface area contributed by atoms with Crippen molar-refractivity contribution in [1.82, 2.24) is 9.55 Å². The van der Waals surface area contributed by atoms with Crippen molar-refractivity contribution in [2.24, 2.45) is 0 Å². The van der Waals surface area contributed by atoms with Gasteiger partial charge in [0.05, 0.1) is 5.56 Å². The number of carboxylic acids is 1. The van der Waals surface area contributed by atoms with Gasteiger partial charge in [0.1, 0.15) is 5.82 Å². The van der Waals surface area contributed by atoms with Crippen LogP contribution >= 0.6 is 15.9 Å². The van der Waals surface area contributed by atoms with Crippen molar-refractivity contribution in [3.8, 4) is 0 Å². The Morgan fingerprint density at radius 2 is 1.91 bits per heavy atom. The van der Waals surface area contributed by atoms with Crippen LogP contribution in [0.25, 0.3) is 0 Å². The number of halogens is 1. The second kappa shape index (κ2) is 6.79. The Morgan fingerprint density at radius 1 is 1.13 bits per heavy atom. The predicted molar refractivity (Wildman–Crippen MR) is 91.7 cm³/mol. The van der Waals surface area contributed by atoms with Crippen molar-refractivity contribution in [2.75, 3.05) is 0 Å². The van der Waals surface area contributed by atoms with E-state index >= 15 is 0 Å². The quantitative estimate of drug-likeness (QED) is 0.738. The molecule has 1 N–H and O–H groups in total. The zero-order valence-electron chi connectivity index (χ0n) is 12.3. The zero-order chi connectivity index (χ0) is 16.2. The first kappa shape index (κ1) is 15.5. The van der Waals surface area contributed by atoms with Gasteiger partial charge in [0.15, 0.2) is 0 Å². The number of aromatic nitrogens is 2. The van der Waals surface area contributed by atoms with Crippen LogP contribution in [0.15, 0.2) is 65.4 Å². The van der Waals surface area contributed by atoms with Gasteiger partial charge in [-0.3, -0.25) is 0 Å². The maximum Gasteiger partial charge on any atom is 0.335 e. The van der Waals surface area contributed by atoms with Gasteiger partial charge in [0.25, 0.3) is 0 Å². The normalized spacial score (nSPS) is 10.7. The number of benzene rings is 2. The molecular formula is C18H15BrN2O2. The van der Waals surface area contributed by atoms with E-state index in [1.54, 1.807) is 24.4 Å². The van der Waals surface area contributed by atoms with Gasteiger partial charge in [-0.15, -0.1) is 0 Å². The summed E-state index contributed by atoms with van der Waals surface area (Å²) in [5.41, 5.74) is 2.43. The Bertz CT molecular complexity index is 825. The molecule has 3 aromatic rings. The van der Waals surface area contributed by atoms with E-state index in [1.165, 1.54) is 5.56 Å². The molecule has 0 unspecified atom stereocenters. The lowest BCUT2D eigenvalue weighted by atomic mass is 10.1. The van der Waals surface area contributed by atoms with Gasteiger partial charge >= 0.3 is 5.97 Å². The summed E-state index contributed by atoms with van der Waals surface area (Å²) < 4.78 is 3.10. The molecule has 0 fully saturated rings. The first-order chi connectivity index (χ1) is 11.1. The molecule has 1 heterocycles. The summed E-state index contributed by atoms with van der Waals surface area (Å²) in [5.74, 6) is 0.0422. The number of imidazole rings is 1. The number of aromatic carboxylic acids is 1. The second-order valence-electron chi connectivity index (χ2n) is 5.28. The van der Waals surface area contributed by atoms with E-state index in [0.29, 0.717) is 12.1 Å². The third-order valence-corrected chi connectivity index (χ3v) is 4.13. The van der Waals surface area contributed by atoms with Gasteiger partial charge in [0.2, 0.25) is 0 Å². The van der Waals surface area contributed by atoms with Crippen molar-refractivity contribution in [3.63, 3.8) is 0 Å². The Morgan fingerprint density at radius 3 is 2.65 bits per heavy atom. The summed E-state index contributed by atoms with van der Waals surface area (Å²) in [6.07, 6.45) is 4.43. The van der Waals surface area contributed by atoms with Crippen LogP contribution in [0.2, 0.25) is 0 Å². The van der Waals surface area contributed by atoms with E-state index in [0.717, 1.165) is 22.3 Å². The lowest BCUT2D eigenvalue weighted by Gasteiger charge is -2.09. The minimum Gasteiger partial charge on any atom is -0.478 e. The molecule has 0 aliphatic carbocycles. The molecule has 23 heavy (non-hydrogen) atoms. The lowest BCUT2D eigenvalue weighted by Crippen LogP contribution is -2.06. The molecule has 0 saturated carbocycles. The van der Waals surface area contributed by atoms with E-state index in [-0.39, 0.29) is 0 Å². The first-order valence-corrected chi connectivity index (χ1v) is 7.98. The molecule has 116 valence electrons. The topological polar surface area (TPSA) is 55.1 Å². The van der Waals surface area contributed by atoms with Crippen LogP contribution in [0.5, 0.6) is 0 Å². The van der Waals surface area contributed by atoms with Crippen LogP contribution < -0.4 is 0 Å². The zero-order valence-corrected chi connectivity index (χ0v) is 13.9. The summed E-state index contributed by atoms with van der Waals surface area (Å²) in [5, 5.41) is 9.08. The molecule has 1 aromatic heterocycles. The third kappa shape index (κ3) is 3.87. The SMILES string of the molecule is O=C(O)c1cccc(Cn2ccnc2Cc2ccc(Br)cc2)c1. The first-order valence-electron chi connectivity index (χ1n) is 7.18. The lowest BCUT2D eigenvalue weighted by molar-refractivity contribution is 0.0696. The van der Waals surface area contributed by atoms with Gasteiger partial charge < -0.3 is 9.67 Å². The molecular weight excluding hydrogens is 356 g/mol. The second-order valence-corrected chi connectivity index (χ2v) is 6.20. The molecule has 0 radical (unpaired) electrons. The monoisotopic (exact) mass is 370 g/mol. The number of nitrogens with zero attached hydrogens (tertiary/aromatic N) is 2. The number of hydrogen-bond donors (Lipinski definition) is 1. The highest BCUT2D eigenvalue weighted by Crippen LogP contribution is 2.15. The van der Waals surface area contributed by atoms with Crippen LogP contribution in [-0.4, -0.2) is 20.6 Å². The average Bonchev–Trinajstić information content (AvgIpc) is 2.97. The average molecular weight is 371 g/mol. The van der Waals surface area contributed by atoms with E-state index < -0.39 is 5.97 Å². The molecule has 5 heteroatoms. The summed E-state index contributed by atoms with van der Waals surface area (Å²) >= 11 is 3.43. The van der Waals surface area contributed by atoms with Crippen molar-refractivity contribution in [3.05, 3.63) is 87.9 Å². The maximum atomic E-state index is 11.1. The molecule has 3 rings (SSSR count). The minimum atomic E-state index is -0.910. The molecule has 4 nitrogen and oxygen atoms in total. The molecule has 0 atom stereocenters. The predicted octanol–water partition coefficient (Wildman–Crippen LogP) is 3.98. The third-order valence-electron chi connectivity index (χ3n) is 3.60. The highest BCUT2D eigenvalue weighted by molar-refractivity contribution is 9.10. The van der Waals surface area contributed by atoms with Crippen molar-refractivity contribution in [2.45, 2.75) is 13.0 Å². The summed E-state index contributed by atoms with van der Waals surface area (Å²) in [4.78, 5) is 15.5. The minimum absolute atomic E-state index is 0.303. The van der Waals surface area contributed by atoms with Gasteiger partial charge in [-0.2, -0.15) is 0 Å². The van der Waals surface area contributed by atoms with Crippen LogP contribution in [-0.2, 0) is 13.0 Å². The molecule has 0 aliphatic rings. The Hall–Kier alpha value is -2.40. The van der Waals surface area contributed by atoms with Crippen LogP contribution in [0.3, 0.4) is 0 Å². The van der Waals surface area contributed by atoms with E-state index in [2.05, 4.69) is 33.0 Å². The van der Waals surface area contributed by atoms with Crippen LogP contribution in [0.4, 0.5) is 0 Å². The smallest absolute Gasteiger partial charge is 0.335 e. The number of hydrogen-bond acceptors (Lipinski definition) is 2. The summed E-state index contributed by atoms with van der Waals surface area (Å²) in [6.45, 7) is 0.604. The highest BCUT2D eigenvalue weighted by atomic mass is 79.9. The van der Waals surface area contributed by atoms with Gasteiger partial charge in [-0.1, -0.05) is 40.2 Å². The maximum absolute atomic E-state index is 11.1. The van der Waals surface area contributed by atoms with Gasteiger partial charge in [0, 0.05) is 29.8 Å². The number of rotatable bonds is 5. The molecule has 0 aliphatic heterocycles. The molecule has 2 aromatic carbocycles. The Kier molecular flexibility index (Phi) is 4.57. The number of carbonyl (C=O) groups is 1. The Balaban J connectivity index is 1.79. The fourth-order valence-corrected chi connectivity index (χ4v) is 2.70. The van der Waals surface area contributed by atoms with Crippen molar-refractivity contribution < 1.29 is 9.90 Å². The molecule has 0 amide bonds. The largest absolute Gasteiger partial charge is 0.478 e. The fourth-order valence-electron chi connectivity index (χ4n) is 2.44. The standard InChI is InChI=1S/C18H15BrN2O2/c19-16-6-4-13(5-7-16)11-17-20-8-9-21(17)12-14-2-1-3-15(10-14)18(22)23/h1-10H,11-12H2,(H,22,23). The summed E-state index contributed by atoms with van der Waals surface area (Å²) in [6, 6.07) is 15.1. The van der Waals surface area contributed by atoms with Gasteiger partial charge in [-0.05, 0) is 35.4 Å². The van der Waals surface area contributed by atoms with Crippen molar-refractivity contribution >= 4 is 21.9 Å². The molecule has 0 spiro atoms. The van der Waals surface area contributed by atoms with E-state index in [9.17, 15) is 4.79 Å². The molecule has 0 bridgehead atoms. The van der Waals surface area contributed by atoms with Gasteiger partial charge in [-0.25, -0.2) is 9.78 Å². The van der Waals surface area contributed by atoms with E-state index in [1.807, 2.05) is 29.0 Å². The Labute approximate surface area is 142 Å². The molecule has 0 saturated heterocycles. The summed E-state index contributed by atoms with van der Waals surface area (Å²) in [7, 11) is 0. The van der Waals surface area contributed by atoms with Crippen LogP contribution in [0, 0.1) is 0 Å². The fraction of sp³-hybridized carbons (Fsp3) is 0.111. The van der Waals surface area contributed by atoms with Crippen molar-refractivity contribution in [1.29, 1.82) is 0 Å². The van der Waals surface area contributed by atoms with Crippen LogP contribution in [0.1, 0.15) is 27.3 Å². The van der Waals surface area contributed by atoms with E-state index in [4.69, 9.17) is 5.11 Å². The number of carboxylic acid groups (broad SMARTS) is 1. The highest BCUT2D eigenvalue weighted by Gasteiger charge is 2.07.